The van der Waals surface area contributed by atoms with E-state index in [2.05, 4.69) is 0 Å². The average Bonchev–Trinajstić information content (AvgIpc) is 2.61. The van der Waals surface area contributed by atoms with Gasteiger partial charge in [-0.2, -0.15) is 0 Å². The first kappa shape index (κ1) is 15.9. The number of Topliss-reactive ketones (excluding diaryl/α,β-unsaturated/α-hetero) is 1. The second-order valence-electron chi connectivity index (χ2n) is 5.77. The van der Waals surface area contributed by atoms with E-state index in [1.165, 1.54) is 0 Å². The molecule has 24 heavy (non-hydrogen) atoms. The fraction of sp³-hybridized carbons (Fsp3) is 0.150. The summed E-state index contributed by atoms with van der Waals surface area (Å²) in [5, 5.41) is 13.1. The first-order valence-corrected chi connectivity index (χ1v) is 7.83. The summed E-state index contributed by atoms with van der Waals surface area (Å²) < 4.78 is 0. The summed E-state index contributed by atoms with van der Waals surface area (Å²) in [5.41, 5.74) is 1.44. The number of carbonyl (C=O) groups is 1. The van der Waals surface area contributed by atoms with Gasteiger partial charge >= 0.3 is 0 Å². The Labute approximate surface area is 139 Å². The van der Waals surface area contributed by atoms with E-state index in [-0.39, 0.29) is 23.7 Å². The molecule has 0 saturated heterocycles. The van der Waals surface area contributed by atoms with Crippen molar-refractivity contribution in [3.63, 3.8) is 0 Å². The van der Waals surface area contributed by atoms with Crippen LogP contribution in [0.25, 0.3) is 10.8 Å². The number of hydrogen-bond donors (Lipinski definition) is 0. The molecule has 0 N–H and O–H groups in total. The minimum atomic E-state index is -0.446. The van der Waals surface area contributed by atoms with Crippen molar-refractivity contribution in [3.05, 3.63) is 94.0 Å². The number of ketones is 1. The zero-order valence-electron chi connectivity index (χ0n) is 13.1. The molecule has 0 spiro atoms. The third-order valence-electron chi connectivity index (χ3n) is 4.16. The summed E-state index contributed by atoms with van der Waals surface area (Å²) in [4.78, 5) is 23.3. The van der Waals surface area contributed by atoms with E-state index in [9.17, 15) is 14.9 Å². The number of nitrogens with zero attached hydrogens (tertiary/aromatic N) is 1. The van der Waals surface area contributed by atoms with Crippen LogP contribution in [0.5, 0.6) is 0 Å². The molecule has 0 unspecified atom stereocenters. The Morgan fingerprint density at radius 1 is 0.917 bits per heavy atom. The quantitative estimate of drug-likeness (QED) is 0.382. The third-order valence-corrected chi connectivity index (χ3v) is 4.16. The van der Waals surface area contributed by atoms with Crippen LogP contribution < -0.4 is 0 Å². The second kappa shape index (κ2) is 7.04. The monoisotopic (exact) mass is 319 g/mol. The van der Waals surface area contributed by atoms with E-state index in [0.29, 0.717) is 5.56 Å². The maximum Gasteiger partial charge on any atom is 0.211 e. The molecule has 0 bridgehead atoms. The predicted molar refractivity (Wildman–Crippen MR) is 93.9 cm³/mol. The molecule has 0 amide bonds. The minimum Gasteiger partial charge on any atom is -0.294 e. The number of fused-ring (bicyclic) bond motifs is 1. The van der Waals surface area contributed by atoms with Crippen molar-refractivity contribution in [1.82, 2.24) is 0 Å². The molecule has 3 aromatic rings. The Balaban J connectivity index is 1.97. The van der Waals surface area contributed by atoms with E-state index < -0.39 is 5.92 Å². The van der Waals surface area contributed by atoms with Crippen molar-refractivity contribution in [1.29, 1.82) is 0 Å². The van der Waals surface area contributed by atoms with Crippen LogP contribution in [-0.2, 0) is 0 Å². The van der Waals surface area contributed by atoms with Gasteiger partial charge in [-0.3, -0.25) is 14.9 Å². The molecular formula is C20H17NO3. The minimum absolute atomic E-state index is 0.0737. The molecule has 4 heteroatoms. The first-order valence-electron chi connectivity index (χ1n) is 7.83. The number of carbonyl (C=O) groups excluding carboxylic acids is 1. The van der Waals surface area contributed by atoms with Gasteiger partial charge in [0.15, 0.2) is 5.78 Å². The summed E-state index contributed by atoms with van der Waals surface area (Å²) >= 11 is 0. The standard InChI is InChI=1S/C20H17NO3/c22-20(16-8-2-1-3-9-16)13-17(14-21(23)24)19-12-6-10-15-7-4-5-11-18(15)19/h1-12,17H,13-14H2/t17-/m0/s1. The average molecular weight is 319 g/mol. The molecule has 0 radical (unpaired) electrons. The van der Waals surface area contributed by atoms with Crippen molar-refractivity contribution < 1.29 is 9.72 Å². The van der Waals surface area contributed by atoms with Gasteiger partial charge in [-0.05, 0) is 16.3 Å². The van der Waals surface area contributed by atoms with Gasteiger partial charge in [0.05, 0.1) is 5.92 Å². The van der Waals surface area contributed by atoms with Gasteiger partial charge in [0.1, 0.15) is 0 Å². The highest BCUT2D eigenvalue weighted by Crippen LogP contribution is 2.29. The van der Waals surface area contributed by atoms with Crippen molar-refractivity contribution in [2.24, 2.45) is 0 Å². The number of benzene rings is 3. The first-order chi connectivity index (χ1) is 11.6. The summed E-state index contributed by atoms with van der Waals surface area (Å²) in [5.74, 6) is -0.519. The zero-order valence-corrected chi connectivity index (χ0v) is 13.1. The lowest BCUT2D eigenvalue weighted by atomic mass is 9.88. The molecule has 3 rings (SSSR count). The highest BCUT2D eigenvalue weighted by molar-refractivity contribution is 5.97. The molecule has 120 valence electrons. The zero-order chi connectivity index (χ0) is 16.9. The topological polar surface area (TPSA) is 60.2 Å². The number of nitro groups is 1. The van der Waals surface area contributed by atoms with E-state index >= 15 is 0 Å². The second-order valence-corrected chi connectivity index (χ2v) is 5.77. The van der Waals surface area contributed by atoms with E-state index in [4.69, 9.17) is 0 Å². The van der Waals surface area contributed by atoms with Crippen molar-refractivity contribution in [2.75, 3.05) is 6.54 Å². The molecule has 1 atom stereocenters. The van der Waals surface area contributed by atoms with Crippen LogP contribution >= 0.6 is 0 Å². The molecule has 0 aliphatic carbocycles. The van der Waals surface area contributed by atoms with Crippen LogP contribution in [0.15, 0.2) is 72.8 Å². The molecule has 3 aromatic carbocycles. The summed E-state index contributed by atoms with van der Waals surface area (Å²) in [6, 6.07) is 22.4. The normalized spacial score (nSPS) is 12.0. The van der Waals surface area contributed by atoms with Gasteiger partial charge in [-0.1, -0.05) is 72.8 Å². The van der Waals surface area contributed by atoms with E-state index in [1.54, 1.807) is 24.3 Å². The number of hydrogen-bond acceptors (Lipinski definition) is 3. The summed E-state index contributed by atoms with van der Waals surface area (Å²) in [7, 11) is 0. The molecule has 0 aliphatic heterocycles. The smallest absolute Gasteiger partial charge is 0.211 e. The highest BCUT2D eigenvalue weighted by Gasteiger charge is 2.23. The molecule has 4 nitrogen and oxygen atoms in total. The van der Waals surface area contributed by atoms with Crippen LogP contribution in [0.3, 0.4) is 0 Å². The van der Waals surface area contributed by atoms with Gasteiger partial charge in [-0.25, -0.2) is 0 Å². The molecule has 0 aromatic heterocycles. The van der Waals surface area contributed by atoms with Crippen LogP contribution in [0, 0.1) is 10.1 Å². The Morgan fingerprint density at radius 3 is 2.33 bits per heavy atom. The van der Waals surface area contributed by atoms with Gasteiger partial charge < -0.3 is 0 Å². The van der Waals surface area contributed by atoms with E-state index in [1.807, 2.05) is 48.5 Å². The van der Waals surface area contributed by atoms with Crippen LogP contribution in [-0.4, -0.2) is 17.3 Å². The van der Waals surface area contributed by atoms with Gasteiger partial charge in [0, 0.05) is 16.9 Å². The van der Waals surface area contributed by atoms with Gasteiger partial charge in [0.2, 0.25) is 6.54 Å². The Bertz CT molecular complexity index is 869. The van der Waals surface area contributed by atoms with Crippen LogP contribution in [0.1, 0.15) is 28.3 Å². The lowest BCUT2D eigenvalue weighted by Crippen LogP contribution is -2.17. The fourth-order valence-corrected chi connectivity index (χ4v) is 3.02. The van der Waals surface area contributed by atoms with E-state index in [0.717, 1.165) is 16.3 Å². The van der Waals surface area contributed by atoms with Crippen LogP contribution in [0.2, 0.25) is 0 Å². The number of rotatable bonds is 6. The Kier molecular flexibility index (Phi) is 4.66. The summed E-state index contributed by atoms with van der Waals surface area (Å²) in [6.07, 6.45) is 0.124. The highest BCUT2D eigenvalue weighted by atomic mass is 16.6. The van der Waals surface area contributed by atoms with Crippen LogP contribution in [0.4, 0.5) is 0 Å². The maximum atomic E-state index is 12.5. The molecule has 0 saturated carbocycles. The van der Waals surface area contributed by atoms with Gasteiger partial charge in [0.25, 0.3) is 0 Å². The third kappa shape index (κ3) is 3.49. The largest absolute Gasteiger partial charge is 0.294 e. The van der Waals surface area contributed by atoms with Gasteiger partial charge in [-0.15, -0.1) is 0 Å². The summed E-state index contributed by atoms with van der Waals surface area (Å²) in [6.45, 7) is -0.257. The SMILES string of the molecule is O=C(C[C@@H](C[N+](=O)[O-])c1cccc2ccccc12)c1ccccc1. The Morgan fingerprint density at radius 2 is 1.58 bits per heavy atom. The molecule has 0 heterocycles. The molecule has 0 aliphatic rings. The maximum absolute atomic E-state index is 12.5. The lowest BCUT2D eigenvalue weighted by Gasteiger charge is -2.15. The van der Waals surface area contributed by atoms with Crippen molar-refractivity contribution in [2.45, 2.75) is 12.3 Å². The fourth-order valence-electron chi connectivity index (χ4n) is 3.02. The molecule has 0 fully saturated rings. The Hall–Kier alpha value is -3.01. The van der Waals surface area contributed by atoms with Crippen molar-refractivity contribution in [3.8, 4) is 0 Å². The van der Waals surface area contributed by atoms with Crippen molar-refractivity contribution >= 4 is 16.6 Å². The lowest BCUT2D eigenvalue weighted by molar-refractivity contribution is -0.483. The molecular weight excluding hydrogens is 302 g/mol. The predicted octanol–water partition coefficient (Wildman–Crippen LogP) is 4.47.